The van der Waals surface area contributed by atoms with E-state index in [1.807, 2.05) is 6.07 Å². The van der Waals surface area contributed by atoms with Gasteiger partial charge in [0.05, 0.1) is 6.54 Å². The average molecular weight is 265 g/mol. The van der Waals surface area contributed by atoms with Crippen LogP contribution >= 0.6 is 11.8 Å². The fraction of sp³-hybridized carbons (Fsp3) is 0.462. The number of carbonyl (C=O) groups excluding carboxylic acids is 1. The maximum Gasteiger partial charge on any atom is 0.239 e. The van der Waals surface area contributed by atoms with Gasteiger partial charge in [-0.05, 0) is 17.9 Å². The van der Waals surface area contributed by atoms with Gasteiger partial charge < -0.3 is 16.0 Å². The molecule has 3 N–H and O–H groups in total. The molecule has 4 nitrogen and oxygen atoms in total. The molecule has 1 heterocycles. The summed E-state index contributed by atoms with van der Waals surface area (Å²) in [4.78, 5) is 14.8. The van der Waals surface area contributed by atoms with Crippen LogP contribution in [0, 0.1) is 0 Å². The average Bonchev–Trinajstić information content (AvgIpc) is 2.39. The van der Waals surface area contributed by atoms with Crippen LogP contribution in [0.15, 0.2) is 23.1 Å². The van der Waals surface area contributed by atoms with Crippen molar-refractivity contribution in [1.82, 2.24) is 5.32 Å². The molecule has 0 radical (unpaired) electrons. The quantitative estimate of drug-likeness (QED) is 0.803. The van der Waals surface area contributed by atoms with Gasteiger partial charge in [0.25, 0.3) is 0 Å². The van der Waals surface area contributed by atoms with Crippen molar-refractivity contribution in [2.45, 2.75) is 18.4 Å². The third-order valence-corrected chi connectivity index (χ3v) is 3.97. The lowest BCUT2D eigenvalue weighted by molar-refractivity contribution is -0.120. The van der Waals surface area contributed by atoms with Crippen LogP contribution in [0.4, 0.5) is 5.69 Å². The molecule has 1 aromatic carbocycles. The number of benzene rings is 1. The van der Waals surface area contributed by atoms with Crippen molar-refractivity contribution in [2.24, 2.45) is 5.73 Å². The van der Waals surface area contributed by atoms with Crippen LogP contribution < -0.4 is 16.0 Å². The maximum atomic E-state index is 11.5. The van der Waals surface area contributed by atoms with Crippen LogP contribution in [0.25, 0.3) is 0 Å². The fourth-order valence-electron chi connectivity index (χ4n) is 2.19. The summed E-state index contributed by atoms with van der Waals surface area (Å²) in [5.74, 6) is 1.11. The third kappa shape index (κ3) is 2.79. The number of nitrogens with zero attached hydrogens (tertiary/aromatic N) is 1. The van der Waals surface area contributed by atoms with Gasteiger partial charge in [0.2, 0.25) is 5.91 Å². The maximum absolute atomic E-state index is 11.5. The van der Waals surface area contributed by atoms with Crippen molar-refractivity contribution in [3.63, 3.8) is 0 Å². The van der Waals surface area contributed by atoms with Crippen LogP contribution in [-0.4, -0.2) is 31.3 Å². The first-order chi connectivity index (χ1) is 8.76. The van der Waals surface area contributed by atoms with E-state index in [1.165, 1.54) is 4.90 Å². The second kappa shape index (κ2) is 6.11. The molecule has 98 valence electrons. The molecule has 1 amide bonds. The number of anilines is 1. The van der Waals surface area contributed by atoms with Crippen molar-refractivity contribution >= 4 is 23.4 Å². The van der Waals surface area contributed by atoms with E-state index in [0.29, 0.717) is 19.6 Å². The number of carbonyl (C=O) groups is 1. The largest absolute Gasteiger partial charge is 0.360 e. The molecule has 0 bridgehead atoms. The number of thioether (sulfide) groups is 1. The molecule has 0 atom stereocenters. The number of amides is 1. The Morgan fingerprint density at radius 3 is 3.00 bits per heavy atom. The van der Waals surface area contributed by atoms with E-state index in [1.54, 1.807) is 11.8 Å². The molecular weight excluding hydrogens is 246 g/mol. The van der Waals surface area contributed by atoms with Gasteiger partial charge >= 0.3 is 0 Å². The molecule has 5 heteroatoms. The lowest BCUT2D eigenvalue weighted by atomic mass is 10.1. The molecule has 0 aliphatic carbocycles. The van der Waals surface area contributed by atoms with Gasteiger partial charge in [0.15, 0.2) is 0 Å². The van der Waals surface area contributed by atoms with Gasteiger partial charge in [-0.25, -0.2) is 0 Å². The van der Waals surface area contributed by atoms with Crippen LogP contribution in [0.3, 0.4) is 0 Å². The molecule has 0 saturated carbocycles. The van der Waals surface area contributed by atoms with Crippen molar-refractivity contribution in [1.29, 1.82) is 0 Å². The normalized spacial score (nSPS) is 15.7. The molecule has 0 spiro atoms. The molecule has 0 aromatic heterocycles. The minimum absolute atomic E-state index is 0.0813. The fourth-order valence-corrected chi connectivity index (χ4v) is 3.04. The van der Waals surface area contributed by atoms with Crippen LogP contribution in [0.5, 0.6) is 0 Å². The first-order valence-corrected chi connectivity index (χ1v) is 7.21. The highest BCUT2D eigenvalue weighted by atomic mass is 32.2. The van der Waals surface area contributed by atoms with Crippen molar-refractivity contribution < 1.29 is 4.79 Å². The summed E-state index contributed by atoms with van der Waals surface area (Å²) >= 11 is 1.80. The Labute approximate surface area is 112 Å². The minimum Gasteiger partial charge on any atom is -0.360 e. The molecule has 18 heavy (non-hydrogen) atoms. The van der Waals surface area contributed by atoms with E-state index >= 15 is 0 Å². The predicted molar refractivity (Wildman–Crippen MR) is 76.0 cm³/mol. The minimum atomic E-state index is 0.0813. The van der Waals surface area contributed by atoms with Gasteiger partial charge in [-0.1, -0.05) is 13.0 Å². The first kappa shape index (κ1) is 13.2. The monoisotopic (exact) mass is 265 g/mol. The van der Waals surface area contributed by atoms with Crippen molar-refractivity contribution in [2.75, 3.05) is 30.3 Å². The van der Waals surface area contributed by atoms with Gasteiger partial charge in [0, 0.05) is 35.8 Å². The molecule has 1 saturated heterocycles. The van der Waals surface area contributed by atoms with E-state index in [4.69, 9.17) is 5.73 Å². The first-order valence-electron chi connectivity index (χ1n) is 6.22. The summed E-state index contributed by atoms with van der Waals surface area (Å²) in [6, 6.07) is 6.20. The number of nitrogens with two attached hydrogens (primary N) is 1. The number of nitrogens with one attached hydrogen (secondary N) is 1. The standard InChI is InChI=1S/C13H19N3OS/c1-2-18-12-5-3-4-11(10(12)8-14)16-7-6-15-13(17)9-16/h3-5H,2,6-9,14H2,1H3,(H,15,17). The van der Waals surface area contributed by atoms with Crippen molar-refractivity contribution in [3.05, 3.63) is 23.8 Å². The van der Waals surface area contributed by atoms with E-state index in [9.17, 15) is 4.79 Å². The van der Waals surface area contributed by atoms with E-state index in [2.05, 4.69) is 29.3 Å². The molecule has 1 aromatic rings. The number of piperazine rings is 1. The summed E-state index contributed by atoms with van der Waals surface area (Å²) in [5.41, 5.74) is 8.14. The number of hydrogen-bond acceptors (Lipinski definition) is 4. The molecule has 2 rings (SSSR count). The second-order valence-electron chi connectivity index (χ2n) is 4.16. The highest BCUT2D eigenvalue weighted by Gasteiger charge is 2.19. The number of hydrogen-bond donors (Lipinski definition) is 2. The van der Waals surface area contributed by atoms with E-state index < -0.39 is 0 Å². The van der Waals surface area contributed by atoms with E-state index in [-0.39, 0.29) is 5.91 Å². The molecule has 1 aliphatic heterocycles. The zero-order valence-electron chi connectivity index (χ0n) is 10.6. The second-order valence-corrected chi connectivity index (χ2v) is 5.47. The third-order valence-electron chi connectivity index (χ3n) is 2.99. The Morgan fingerprint density at radius 1 is 1.50 bits per heavy atom. The van der Waals surface area contributed by atoms with Gasteiger partial charge in [-0.2, -0.15) is 0 Å². The smallest absolute Gasteiger partial charge is 0.239 e. The van der Waals surface area contributed by atoms with Gasteiger partial charge in [-0.15, -0.1) is 11.8 Å². The Bertz CT molecular complexity index is 436. The summed E-state index contributed by atoms with van der Waals surface area (Å²) in [6.45, 7) is 4.61. The zero-order chi connectivity index (χ0) is 13.0. The summed E-state index contributed by atoms with van der Waals surface area (Å²) in [6.07, 6.45) is 0. The zero-order valence-corrected chi connectivity index (χ0v) is 11.4. The Kier molecular flexibility index (Phi) is 4.49. The highest BCUT2D eigenvalue weighted by Crippen LogP contribution is 2.30. The Morgan fingerprint density at radius 2 is 2.33 bits per heavy atom. The lowest BCUT2D eigenvalue weighted by Gasteiger charge is -2.30. The topological polar surface area (TPSA) is 58.4 Å². The predicted octanol–water partition coefficient (Wildman–Crippen LogP) is 1.19. The van der Waals surface area contributed by atoms with Crippen LogP contribution in [0.2, 0.25) is 0 Å². The Hall–Kier alpha value is -1.20. The SMILES string of the molecule is CCSc1cccc(N2CCNC(=O)C2)c1CN. The summed E-state index contributed by atoms with van der Waals surface area (Å²) < 4.78 is 0. The van der Waals surface area contributed by atoms with Crippen molar-refractivity contribution in [3.8, 4) is 0 Å². The Balaban J connectivity index is 2.31. The molecule has 0 unspecified atom stereocenters. The number of rotatable bonds is 4. The van der Waals surface area contributed by atoms with E-state index in [0.717, 1.165) is 23.5 Å². The van der Waals surface area contributed by atoms with Crippen LogP contribution in [0.1, 0.15) is 12.5 Å². The molecule has 1 fully saturated rings. The highest BCUT2D eigenvalue weighted by molar-refractivity contribution is 7.99. The molecular formula is C13H19N3OS. The summed E-state index contributed by atoms with van der Waals surface area (Å²) in [5, 5.41) is 2.84. The molecule has 1 aliphatic rings. The van der Waals surface area contributed by atoms with Gasteiger partial charge in [-0.3, -0.25) is 4.79 Å². The van der Waals surface area contributed by atoms with Gasteiger partial charge in [0.1, 0.15) is 0 Å². The van der Waals surface area contributed by atoms with Crippen LogP contribution in [-0.2, 0) is 11.3 Å². The summed E-state index contributed by atoms with van der Waals surface area (Å²) in [7, 11) is 0. The lowest BCUT2D eigenvalue weighted by Crippen LogP contribution is -2.48.